The third kappa shape index (κ3) is 5.30. The molecule has 1 aliphatic rings. The average Bonchev–Trinajstić information content (AvgIpc) is 3.26. The van der Waals surface area contributed by atoms with Gasteiger partial charge in [-0.25, -0.2) is 13.1 Å². The Morgan fingerprint density at radius 1 is 0.970 bits per heavy atom. The SMILES string of the molecule is C[C@@H](NS(=O)(=O)c1cccc(C(=O)Nc2ccc(N3CCCC3=O)cc2)c1)c1ccccc1. The molecular formula is C25H25N3O4S. The number of sulfonamides is 1. The van der Waals surface area contributed by atoms with Crippen LogP contribution in [-0.4, -0.2) is 26.8 Å². The maximum Gasteiger partial charge on any atom is 0.255 e. The van der Waals surface area contributed by atoms with Gasteiger partial charge in [0.05, 0.1) is 4.90 Å². The normalized spacial score (nSPS) is 14.8. The van der Waals surface area contributed by atoms with Crippen molar-refractivity contribution >= 4 is 33.2 Å². The summed E-state index contributed by atoms with van der Waals surface area (Å²) in [6.45, 7) is 2.46. The molecule has 0 unspecified atom stereocenters. The lowest BCUT2D eigenvalue weighted by Crippen LogP contribution is -2.27. The van der Waals surface area contributed by atoms with Gasteiger partial charge in [-0.2, -0.15) is 0 Å². The van der Waals surface area contributed by atoms with E-state index in [4.69, 9.17) is 0 Å². The van der Waals surface area contributed by atoms with E-state index in [2.05, 4.69) is 10.0 Å². The Balaban J connectivity index is 1.45. The van der Waals surface area contributed by atoms with Gasteiger partial charge in [-0.1, -0.05) is 36.4 Å². The van der Waals surface area contributed by atoms with Gasteiger partial charge in [-0.3, -0.25) is 9.59 Å². The van der Waals surface area contributed by atoms with Crippen molar-refractivity contribution in [2.24, 2.45) is 0 Å². The molecule has 1 fully saturated rings. The Morgan fingerprint density at radius 3 is 2.36 bits per heavy atom. The van der Waals surface area contributed by atoms with Crippen LogP contribution >= 0.6 is 0 Å². The summed E-state index contributed by atoms with van der Waals surface area (Å²) < 4.78 is 28.4. The Bertz CT molecular complexity index is 1260. The van der Waals surface area contributed by atoms with Gasteiger partial charge in [0.1, 0.15) is 0 Å². The van der Waals surface area contributed by atoms with Gasteiger partial charge in [-0.05, 0) is 61.4 Å². The van der Waals surface area contributed by atoms with E-state index in [-0.39, 0.29) is 16.4 Å². The number of nitrogens with zero attached hydrogens (tertiary/aromatic N) is 1. The van der Waals surface area contributed by atoms with Crippen LogP contribution in [0.25, 0.3) is 0 Å². The second-order valence-corrected chi connectivity index (χ2v) is 9.65. The molecule has 3 aromatic carbocycles. The fourth-order valence-electron chi connectivity index (χ4n) is 3.76. The molecule has 0 aliphatic carbocycles. The van der Waals surface area contributed by atoms with Crippen molar-refractivity contribution < 1.29 is 18.0 Å². The second kappa shape index (κ2) is 9.56. The van der Waals surface area contributed by atoms with Crippen LogP contribution in [0, 0.1) is 0 Å². The quantitative estimate of drug-likeness (QED) is 0.551. The van der Waals surface area contributed by atoms with Gasteiger partial charge in [-0.15, -0.1) is 0 Å². The zero-order valence-electron chi connectivity index (χ0n) is 18.2. The van der Waals surface area contributed by atoms with E-state index in [0.717, 1.165) is 17.7 Å². The number of carbonyl (C=O) groups excluding carboxylic acids is 2. The molecule has 7 nitrogen and oxygen atoms in total. The van der Waals surface area contributed by atoms with Crippen LogP contribution in [0.2, 0.25) is 0 Å². The topological polar surface area (TPSA) is 95.6 Å². The minimum atomic E-state index is -3.82. The molecule has 0 radical (unpaired) electrons. The van der Waals surface area contributed by atoms with Crippen molar-refractivity contribution in [1.82, 2.24) is 4.72 Å². The number of hydrogen-bond donors (Lipinski definition) is 2. The van der Waals surface area contributed by atoms with E-state index in [9.17, 15) is 18.0 Å². The van der Waals surface area contributed by atoms with Gasteiger partial charge < -0.3 is 10.2 Å². The molecule has 2 N–H and O–H groups in total. The summed E-state index contributed by atoms with van der Waals surface area (Å²) >= 11 is 0. The van der Waals surface area contributed by atoms with Crippen LogP contribution < -0.4 is 14.9 Å². The zero-order valence-corrected chi connectivity index (χ0v) is 19.0. The summed E-state index contributed by atoms with van der Waals surface area (Å²) in [6, 6.07) is 21.8. The van der Waals surface area contributed by atoms with Crippen LogP contribution in [0.15, 0.2) is 83.8 Å². The van der Waals surface area contributed by atoms with Crippen molar-refractivity contribution in [2.45, 2.75) is 30.7 Å². The molecule has 0 bridgehead atoms. The van der Waals surface area contributed by atoms with Gasteiger partial charge in [0.15, 0.2) is 0 Å². The van der Waals surface area contributed by atoms with Crippen molar-refractivity contribution in [3.05, 3.63) is 90.0 Å². The Hall–Kier alpha value is -3.49. The Labute approximate surface area is 193 Å². The number of hydrogen-bond acceptors (Lipinski definition) is 4. The van der Waals surface area contributed by atoms with E-state index < -0.39 is 22.0 Å². The molecule has 8 heteroatoms. The van der Waals surface area contributed by atoms with Crippen LogP contribution in [0.3, 0.4) is 0 Å². The molecule has 0 saturated carbocycles. The summed E-state index contributed by atoms with van der Waals surface area (Å²) in [5, 5.41) is 2.77. The average molecular weight is 464 g/mol. The van der Waals surface area contributed by atoms with Gasteiger partial charge in [0.2, 0.25) is 15.9 Å². The Kier molecular flexibility index (Phi) is 6.57. The maximum absolute atomic E-state index is 12.9. The van der Waals surface area contributed by atoms with Gasteiger partial charge in [0, 0.05) is 35.9 Å². The highest BCUT2D eigenvalue weighted by Gasteiger charge is 2.22. The lowest BCUT2D eigenvalue weighted by atomic mass is 10.1. The first-order valence-electron chi connectivity index (χ1n) is 10.7. The monoisotopic (exact) mass is 463 g/mol. The first-order valence-corrected chi connectivity index (χ1v) is 12.2. The zero-order chi connectivity index (χ0) is 23.4. The van der Waals surface area contributed by atoms with Crippen molar-refractivity contribution in [2.75, 3.05) is 16.8 Å². The molecule has 3 aromatic rings. The number of anilines is 2. The van der Waals surface area contributed by atoms with Gasteiger partial charge >= 0.3 is 0 Å². The first kappa shape index (κ1) is 22.7. The number of benzene rings is 3. The highest BCUT2D eigenvalue weighted by Crippen LogP contribution is 2.24. The van der Waals surface area contributed by atoms with Crippen LogP contribution in [0.5, 0.6) is 0 Å². The lowest BCUT2D eigenvalue weighted by molar-refractivity contribution is -0.117. The van der Waals surface area contributed by atoms with Crippen molar-refractivity contribution in [1.29, 1.82) is 0 Å². The van der Waals surface area contributed by atoms with Crippen LogP contribution in [-0.2, 0) is 14.8 Å². The molecule has 1 saturated heterocycles. The molecule has 0 aromatic heterocycles. The summed E-state index contributed by atoms with van der Waals surface area (Å²) in [7, 11) is -3.82. The molecule has 170 valence electrons. The molecule has 1 heterocycles. The third-order valence-electron chi connectivity index (χ3n) is 5.55. The third-order valence-corrected chi connectivity index (χ3v) is 7.09. The highest BCUT2D eigenvalue weighted by atomic mass is 32.2. The number of nitrogens with one attached hydrogen (secondary N) is 2. The summed E-state index contributed by atoms with van der Waals surface area (Å²) in [5.74, 6) is -0.326. The molecular weight excluding hydrogens is 438 g/mol. The molecule has 1 atom stereocenters. The molecule has 1 aliphatic heterocycles. The Morgan fingerprint density at radius 2 is 1.70 bits per heavy atom. The second-order valence-electron chi connectivity index (χ2n) is 7.93. The first-order chi connectivity index (χ1) is 15.8. The highest BCUT2D eigenvalue weighted by molar-refractivity contribution is 7.89. The standard InChI is InChI=1S/C25H25N3O4S/c1-18(19-7-3-2-4-8-19)27-33(31,32)23-10-5-9-20(17-23)25(30)26-21-12-14-22(15-13-21)28-16-6-11-24(28)29/h2-5,7-10,12-15,17-18,27H,6,11,16H2,1H3,(H,26,30)/t18-/m1/s1. The predicted molar refractivity (Wildman–Crippen MR) is 128 cm³/mol. The van der Waals surface area contributed by atoms with E-state index in [1.807, 2.05) is 30.3 Å². The van der Waals surface area contributed by atoms with E-state index in [0.29, 0.717) is 18.7 Å². The maximum atomic E-state index is 12.9. The molecule has 2 amide bonds. The van der Waals surface area contributed by atoms with Crippen molar-refractivity contribution in [3.8, 4) is 0 Å². The lowest BCUT2D eigenvalue weighted by Gasteiger charge is -2.16. The number of rotatable bonds is 7. The number of amides is 2. The minimum absolute atomic E-state index is 0.0147. The van der Waals surface area contributed by atoms with Crippen molar-refractivity contribution in [3.63, 3.8) is 0 Å². The summed E-state index contributed by atoms with van der Waals surface area (Å²) in [6.07, 6.45) is 1.40. The summed E-state index contributed by atoms with van der Waals surface area (Å²) in [5.41, 5.74) is 2.42. The van der Waals surface area contributed by atoms with Gasteiger partial charge in [0.25, 0.3) is 5.91 Å². The predicted octanol–water partition coefficient (Wildman–Crippen LogP) is 4.11. The molecule has 0 spiro atoms. The summed E-state index contributed by atoms with van der Waals surface area (Å²) in [4.78, 5) is 26.4. The van der Waals surface area contributed by atoms with E-state index >= 15 is 0 Å². The fraction of sp³-hybridized carbons (Fsp3) is 0.200. The van der Waals surface area contributed by atoms with Crippen LogP contribution in [0.4, 0.5) is 11.4 Å². The van der Waals surface area contributed by atoms with Crippen LogP contribution in [0.1, 0.15) is 41.7 Å². The fourth-order valence-corrected chi connectivity index (χ4v) is 5.04. The number of carbonyl (C=O) groups is 2. The van der Waals surface area contributed by atoms with E-state index in [1.165, 1.54) is 12.1 Å². The molecule has 33 heavy (non-hydrogen) atoms. The largest absolute Gasteiger partial charge is 0.322 e. The van der Waals surface area contributed by atoms with E-state index in [1.54, 1.807) is 48.2 Å². The molecule has 4 rings (SSSR count). The minimum Gasteiger partial charge on any atom is -0.322 e. The smallest absolute Gasteiger partial charge is 0.255 e.